The molecule has 1 atom stereocenters. The van der Waals surface area contributed by atoms with Gasteiger partial charge in [-0.15, -0.1) is 0 Å². The zero-order chi connectivity index (χ0) is 14.8. The number of primary amides is 1. The lowest BCUT2D eigenvalue weighted by molar-refractivity contribution is -0.142. The molecular weight excluding hydrogens is 250 g/mol. The molecule has 0 bridgehead atoms. The Bertz CT molecular complexity index is 318. The van der Waals surface area contributed by atoms with Crippen molar-refractivity contribution in [1.29, 1.82) is 0 Å². The van der Waals surface area contributed by atoms with Gasteiger partial charge in [-0.3, -0.25) is 9.59 Å². The fourth-order valence-electron chi connectivity index (χ4n) is 1.50. The average Bonchev–Trinajstić information content (AvgIpc) is 2.27. The van der Waals surface area contributed by atoms with E-state index in [1.54, 1.807) is 13.8 Å². The van der Waals surface area contributed by atoms with Gasteiger partial charge in [-0.2, -0.15) is 0 Å². The Labute approximate surface area is 112 Å². The number of carbonyl (C=O) groups excluding carboxylic acids is 2. The second kappa shape index (κ2) is 9.18. The molecule has 0 spiro atoms. The monoisotopic (exact) mass is 273 g/mol. The third kappa shape index (κ3) is 8.87. The molecule has 0 aromatic heterocycles. The molecule has 1 unspecified atom stereocenters. The molecule has 0 saturated heterocycles. The zero-order valence-corrected chi connectivity index (χ0v) is 11.4. The first-order valence-corrected chi connectivity index (χ1v) is 6.37. The number of amides is 3. The van der Waals surface area contributed by atoms with Gasteiger partial charge in [-0.05, 0) is 18.8 Å². The van der Waals surface area contributed by atoms with E-state index in [0.717, 1.165) is 0 Å². The molecule has 0 rings (SSSR count). The van der Waals surface area contributed by atoms with Gasteiger partial charge in [0.1, 0.15) is 0 Å². The van der Waals surface area contributed by atoms with Gasteiger partial charge >= 0.3 is 12.0 Å². The van der Waals surface area contributed by atoms with Crippen molar-refractivity contribution in [2.45, 2.75) is 33.1 Å². The van der Waals surface area contributed by atoms with Crippen molar-refractivity contribution in [3.63, 3.8) is 0 Å². The van der Waals surface area contributed by atoms with Gasteiger partial charge in [0.15, 0.2) is 0 Å². The van der Waals surface area contributed by atoms with Crippen LogP contribution in [0.1, 0.15) is 33.1 Å². The summed E-state index contributed by atoms with van der Waals surface area (Å²) in [6.45, 7) is 4.11. The largest absolute Gasteiger partial charge is 0.481 e. The van der Waals surface area contributed by atoms with E-state index in [-0.39, 0.29) is 18.4 Å². The highest BCUT2D eigenvalue weighted by atomic mass is 16.4. The van der Waals surface area contributed by atoms with Crippen LogP contribution in [-0.2, 0) is 9.59 Å². The van der Waals surface area contributed by atoms with Crippen molar-refractivity contribution in [3.8, 4) is 0 Å². The molecule has 3 amide bonds. The Balaban J connectivity index is 3.74. The van der Waals surface area contributed by atoms with Gasteiger partial charge in [-0.1, -0.05) is 13.8 Å². The normalized spacial score (nSPS) is 11.9. The number of rotatable bonds is 9. The number of unbranched alkanes of at least 4 members (excludes halogenated alkanes) is 1. The van der Waals surface area contributed by atoms with Crippen LogP contribution in [-0.4, -0.2) is 36.1 Å². The molecule has 7 heteroatoms. The van der Waals surface area contributed by atoms with E-state index >= 15 is 0 Å². The van der Waals surface area contributed by atoms with Crippen LogP contribution in [0.25, 0.3) is 0 Å². The molecule has 0 radical (unpaired) electrons. The third-order valence-electron chi connectivity index (χ3n) is 2.74. The van der Waals surface area contributed by atoms with Crippen molar-refractivity contribution >= 4 is 17.9 Å². The Hall–Kier alpha value is -1.79. The van der Waals surface area contributed by atoms with Gasteiger partial charge < -0.3 is 21.5 Å². The highest BCUT2D eigenvalue weighted by Crippen LogP contribution is 2.09. The molecule has 0 aromatic rings. The summed E-state index contributed by atoms with van der Waals surface area (Å²) in [5, 5.41) is 14.1. The van der Waals surface area contributed by atoms with Crippen molar-refractivity contribution < 1.29 is 19.5 Å². The predicted molar refractivity (Wildman–Crippen MR) is 70.4 cm³/mol. The molecule has 0 aromatic carbocycles. The first-order valence-electron chi connectivity index (χ1n) is 6.37. The van der Waals surface area contributed by atoms with Crippen LogP contribution in [0.4, 0.5) is 4.79 Å². The van der Waals surface area contributed by atoms with Gasteiger partial charge in [0.25, 0.3) is 0 Å². The SMILES string of the molecule is CC(C)C(CNC(=O)NCCCCC(N)=O)C(=O)O. The van der Waals surface area contributed by atoms with Crippen LogP contribution in [0, 0.1) is 11.8 Å². The van der Waals surface area contributed by atoms with Crippen molar-refractivity contribution in [3.05, 3.63) is 0 Å². The second-order valence-corrected chi connectivity index (χ2v) is 4.75. The summed E-state index contributed by atoms with van der Waals surface area (Å²) in [6.07, 6.45) is 1.58. The van der Waals surface area contributed by atoms with Gasteiger partial charge in [-0.25, -0.2) is 4.79 Å². The number of carboxylic acid groups (broad SMARTS) is 1. The number of urea groups is 1. The van der Waals surface area contributed by atoms with E-state index in [2.05, 4.69) is 10.6 Å². The molecular formula is C12H23N3O4. The van der Waals surface area contributed by atoms with Crippen molar-refractivity contribution in [1.82, 2.24) is 10.6 Å². The zero-order valence-electron chi connectivity index (χ0n) is 11.4. The standard InChI is InChI=1S/C12H23N3O4/c1-8(2)9(11(17)18)7-15-12(19)14-6-4-3-5-10(13)16/h8-9H,3-7H2,1-2H3,(H2,13,16)(H,17,18)(H2,14,15,19). The number of nitrogens with one attached hydrogen (secondary N) is 2. The maximum absolute atomic E-state index is 11.4. The van der Waals surface area contributed by atoms with E-state index in [4.69, 9.17) is 10.8 Å². The second-order valence-electron chi connectivity index (χ2n) is 4.75. The molecule has 0 fully saturated rings. The summed E-state index contributed by atoms with van der Waals surface area (Å²) in [5.74, 6) is -1.92. The minimum absolute atomic E-state index is 0.0478. The van der Waals surface area contributed by atoms with Crippen LogP contribution in [0.5, 0.6) is 0 Å². The summed E-state index contributed by atoms with van der Waals surface area (Å²) in [7, 11) is 0. The summed E-state index contributed by atoms with van der Waals surface area (Å²) < 4.78 is 0. The van der Waals surface area contributed by atoms with Crippen molar-refractivity contribution in [2.75, 3.05) is 13.1 Å². The maximum Gasteiger partial charge on any atom is 0.314 e. The molecule has 0 heterocycles. The van der Waals surface area contributed by atoms with Gasteiger partial charge in [0, 0.05) is 19.5 Å². The number of carboxylic acids is 1. The molecule has 0 aliphatic heterocycles. The lowest BCUT2D eigenvalue weighted by Crippen LogP contribution is -2.41. The summed E-state index contributed by atoms with van der Waals surface area (Å²) in [4.78, 5) is 32.8. The molecule has 5 N–H and O–H groups in total. The first kappa shape index (κ1) is 17.2. The Morgan fingerprint density at radius 1 is 1.16 bits per heavy atom. The summed E-state index contributed by atoms with van der Waals surface area (Å²) >= 11 is 0. The first-order chi connectivity index (χ1) is 8.84. The van der Waals surface area contributed by atoms with E-state index in [9.17, 15) is 14.4 Å². The van der Waals surface area contributed by atoms with Crippen LogP contribution in [0.3, 0.4) is 0 Å². The number of hydrogen-bond donors (Lipinski definition) is 4. The molecule has 7 nitrogen and oxygen atoms in total. The maximum atomic E-state index is 11.4. The minimum Gasteiger partial charge on any atom is -0.481 e. The third-order valence-corrected chi connectivity index (χ3v) is 2.74. The summed E-state index contributed by atoms with van der Waals surface area (Å²) in [6, 6.07) is -0.397. The highest BCUT2D eigenvalue weighted by molar-refractivity contribution is 5.76. The minimum atomic E-state index is -0.920. The lowest BCUT2D eigenvalue weighted by atomic mass is 9.96. The van der Waals surface area contributed by atoms with E-state index in [0.29, 0.717) is 25.8 Å². The molecule has 19 heavy (non-hydrogen) atoms. The van der Waals surface area contributed by atoms with Gasteiger partial charge in [0.2, 0.25) is 5.91 Å². The molecule has 0 aliphatic carbocycles. The van der Waals surface area contributed by atoms with Crippen molar-refractivity contribution in [2.24, 2.45) is 17.6 Å². The van der Waals surface area contributed by atoms with Crippen LogP contribution in [0.15, 0.2) is 0 Å². The van der Waals surface area contributed by atoms with Crippen LogP contribution in [0.2, 0.25) is 0 Å². The fraction of sp³-hybridized carbons (Fsp3) is 0.750. The molecule has 0 aliphatic rings. The molecule has 0 saturated carbocycles. The van der Waals surface area contributed by atoms with E-state index in [1.165, 1.54) is 0 Å². The topological polar surface area (TPSA) is 122 Å². The van der Waals surface area contributed by atoms with E-state index in [1.807, 2.05) is 0 Å². The molecule has 110 valence electrons. The Morgan fingerprint density at radius 2 is 1.79 bits per heavy atom. The summed E-state index contributed by atoms with van der Waals surface area (Å²) in [5.41, 5.74) is 4.98. The Morgan fingerprint density at radius 3 is 2.26 bits per heavy atom. The Kier molecular flexibility index (Phi) is 8.32. The quantitative estimate of drug-likeness (QED) is 0.451. The number of aliphatic carboxylic acids is 1. The number of hydrogen-bond acceptors (Lipinski definition) is 3. The van der Waals surface area contributed by atoms with E-state index < -0.39 is 17.9 Å². The van der Waals surface area contributed by atoms with Crippen LogP contribution < -0.4 is 16.4 Å². The average molecular weight is 273 g/mol. The smallest absolute Gasteiger partial charge is 0.314 e. The highest BCUT2D eigenvalue weighted by Gasteiger charge is 2.21. The number of nitrogens with two attached hydrogens (primary N) is 1. The van der Waals surface area contributed by atoms with Crippen LogP contribution >= 0.6 is 0 Å². The number of carbonyl (C=O) groups is 3. The lowest BCUT2D eigenvalue weighted by Gasteiger charge is -2.16. The predicted octanol–water partition coefficient (Wildman–Crippen LogP) is 0.298. The van der Waals surface area contributed by atoms with Gasteiger partial charge in [0.05, 0.1) is 5.92 Å². The fourth-order valence-corrected chi connectivity index (χ4v) is 1.50.